The SMILES string of the molecule is CCOC1CCN(CC(C)(C)C(C)O)CC1. The molecule has 0 saturated carbocycles. The first-order valence-electron chi connectivity index (χ1n) is 6.47. The normalized spacial score (nSPS) is 22.3. The van der Waals surface area contributed by atoms with Crippen LogP contribution in [0.25, 0.3) is 0 Å². The van der Waals surface area contributed by atoms with Gasteiger partial charge in [-0.3, -0.25) is 0 Å². The number of aliphatic hydroxyl groups excluding tert-OH is 1. The van der Waals surface area contributed by atoms with Crippen LogP contribution >= 0.6 is 0 Å². The fourth-order valence-corrected chi connectivity index (χ4v) is 2.18. The summed E-state index contributed by atoms with van der Waals surface area (Å²) in [4.78, 5) is 2.45. The van der Waals surface area contributed by atoms with Gasteiger partial charge in [0.15, 0.2) is 0 Å². The van der Waals surface area contributed by atoms with E-state index in [-0.39, 0.29) is 11.5 Å². The van der Waals surface area contributed by atoms with E-state index in [0.29, 0.717) is 6.10 Å². The second-order valence-corrected chi connectivity index (χ2v) is 5.60. The van der Waals surface area contributed by atoms with Crippen molar-refractivity contribution in [2.75, 3.05) is 26.2 Å². The number of likely N-dealkylation sites (tertiary alicyclic amines) is 1. The van der Waals surface area contributed by atoms with Gasteiger partial charge in [-0.15, -0.1) is 0 Å². The van der Waals surface area contributed by atoms with Crippen LogP contribution in [0, 0.1) is 5.41 Å². The van der Waals surface area contributed by atoms with E-state index in [4.69, 9.17) is 4.74 Å². The average Bonchev–Trinajstić information content (AvgIpc) is 2.21. The lowest BCUT2D eigenvalue weighted by molar-refractivity contribution is -0.0118. The Balaban J connectivity index is 2.32. The Labute approximate surface area is 99.8 Å². The zero-order valence-corrected chi connectivity index (χ0v) is 11.2. The summed E-state index contributed by atoms with van der Waals surface area (Å²) in [5.41, 5.74) is -0.0154. The minimum atomic E-state index is -0.253. The number of hydrogen-bond acceptors (Lipinski definition) is 3. The van der Waals surface area contributed by atoms with Crippen molar-refractivity contribution in [3.05, 3.63) is 0 Å². The van der Waals surface area contributed by atoms with Crippen LogP contribution in [0.4, 0.5) is 0 Å². The molecule has 1 unspecified atom stereocenters. The number of piperidine rings is 1. The van der Waals surface area contributed by atoms with Crippen molar-refractivity contribution in [2.24, 2.45) is 5.41 Å². The highest BCUT2D eigenvalue weighted by molar-refractivity contribution is 4.81. The van der Waals surface area contributed by atoms with E-state index in [0.717, 1.165) is 39.1 Å². The van der Waals surface area contributed by atoms with Crippen LogP contribution in [0.2, 0.25) is 0 Å². The topological polar surface area (TPSA) is 32.7 Å². The van der Waals surface area contributed by atoms with Crippen LogP contribution in [-0.2, 0) is 4.74 Å². The van der Waals surface area contributed by atoms with Crippen LogP contribution in [0.3, 0.4) is 0 Å². The molecule has 3 heteroatoms. The van der Waals surface area contributed by atoms with Gasteiger partial charge in [0.05, 0.1) is 12.2 Å². The van der Waals surface area contributed by atoms with E-state index in [1.165, 1.54) is 0 Å². The van der Waals surface area contributed by atoms with E-state index in [1.807, 2.05) is 6.92 Å². The van der Waals surface area contributed by atoms with Crippen molar-refractivity contribution in [1.82, 2.24) is 4.90 Å². The highest BCUT2D eigenvalue weighted by Gasteiger charge is 2.29. The Hall–Kier alpha value is -0.120. The predicted molar refractivity (Wildman–Crippen MR) is 66.5 cm³/mol. The lowest BCUT2D eigenvalue weighted by Crippen LogP contribution is -2.45. The largest absolute Gasteiger partial charge is 0.393 e. The summed E-state index contributed by atoms with van der Waals surface area (Å²) >= 11 is 0. The second kappa shape index (κ2) is 5.99. The van der Waals surface area contributed by atoms with Crippen molar-refractivity contribution < 1.29 is 9.84 Å². The summed E-state index contributed by atoms with van der Waals surface area (Å²) in [7, 11) is 0. The monoisotopic (exact) mass is 229 g/mol. The van der Waals surface area contributed by atoms with E-state index in [2.05, 4.69) is 25.7 Å². The quantitative estimate of drug-likeness (QED) is 0.781. The molecule has 0 bridgehead atoms. The van der Waals surface area contributed by atoms with Crippen molar-refractivity contribution >= 4 is 0 Å². The molecule has 1 N–H and O–H groups in total. The highest BCUT2D eigenvalue weighted by Crippen LogP contribution is 2.24. The molecule has 1 fully saturated rings. The zero-order valence-electron chi connectivity index (χ0n) is 11.2. The summed E-state index contributed by atoms with van der Waals surface area (Å²) in [6.07, 6.45) is 2.46. The molecule has 3 nitrogen and oxygen atoms in total. The van der Waals surface area contributed by atoms with Gasteiger partial charge in [-0.25, -0.2) is 0 Å². The minimum Gasteiger partial charge on any atom is -0.393 e. The second-order valence-electron chi connectivity index (χ2n) is 5.60. The smallest absolute Gasteiger partial charge is 0.0599 e. The van der Waals surface area contributed by atoms with Gasteiger partial charge in [-0.05, 0) is 26.7 Å². The predicted octanol–water partition coefficient (Wildman–Crippen LogP) is 1.89. The van der Waals surface area contributed by atoms with Gasteiger partial charge in [0, 0.05) is 31.7 Å². The third-order valence-electron chi connectivity index (χ3n) is 3.70. The first-order chi connectivity index (χ1) is 7.45. The molecule has 1 heterocycles. The van der Waals surface area contributed by atoms with Gasteiger partial charge in [-0.1, -0.05) is 13.8 Å². The summed E-state index contributed by atoms with van der Waals surface area (Å²) < 4.78 is 5.63. The molecular weight excluding hydrogens is 202 g/mol. The lowest BCUT2D eigenvalue weighted by atomic mass is 9.86. The molecular formula is C13H27NO2. The summed E-state index contributed by atoms with van der Waals surface area (Å²) in [5.74, 6) is 0. The highest BCUT2D eigenvalue weighted by atomic mass is 16.5. The number of nitrogens with zero attached hydrogens (tertiary/aromatic N) is 1. The molecule has 0 aromatic heterocycles. The molecule has 1 aliphatic heterocycles. The summed E-state index contributed by atoms with van der Waals surface area (Å²) in [6, 6.07) is 0. The maximum Gasteiger partial charge on any atom is 0.0599 e. The van der Waals surface area contributed by atoms with Crippen molar-refractivity contribution in [1.29, 1.82) is 0 Å². The molecule has 16 heavy (non-hydrogen) atoms. The minimum absolute atomic E-state index is 0.0154. The Morgan fingerprint density at radius 1 is 1.38 bits per heavy atom. The Kier molecular flexibility index (Phi) is 5.22. The van der Waals surface area contributed by atoms with E-state index in [9.17, 15) is 5.11 Å². The molecule has 0 aliphatic carbocycles. The fourth-order valence-electron chi connectivity index (χ4n) is 2.18. The van der Waals surface area contributed by atoms with Gasteiger partial charge in [0.2, 0.25) is 0 Å². The average molecular weight is 229 g/mol. The molecule has 96 valence electrons. The third kappa shape index (κ3) is 4.04. The van der Waals surface area contributed by atoms with Crippen LogP contribution in [0.15, 0.2) is 0 Å². The Morgan fingerprint density at radius 2 is 1.94 bits per heavy atom. The Morgan fingerprint density at radius 3 is 2.38 bits per heavy atom. The van der Waals surface area contributed by atoms with Gasteiger partial charge < -0.3 is 14.7 Å². The molecule has 1 aliphatic rings. The number of hydrogen-bond donors (Lipinski definition) is 1. The standard InChI is InChI=1S/C13H27NO2/c1-5-16-12-6-8-14(9-7-12)10-13(3,4)11(2)15/h11-12,15H,5-10H2,1-4H3. The molecule has 1 atom stereocenters. The molecule has 1 saturated heterocycles. The maximum absolute atomic E-state index is 9.70. The zero-order chi connectivity index (χ0) is 12.2. The number of rotatable bonds is 5. The van der Waals surface area contributed by atoms with Gasteiger partial charge >= 0.3 is 0 Å². The van der Waals surface area contributed by atoms with Crippen LogP contribution < -0.4 is 0 Å². The lowest BCUT2D eigenvalue weighted by Gasteiger charge is -2.38. The van der Waals surface area contributed by atoms with Crippen molar-refractivity contribution in [3.8, 4) is 0 Å². The van der Waals surface area contributed by atoms with Crippen molar-refractivity contribution in [2.45, 2.75) is 52.7 Å². The molecule has 0 aromatic carbocycles. The first kappa shape index (κ1) is 13.9. The molecule has 0 radical (unpaired) electrons. The summed E-state index contributed by atoms with van der Waals surface area (Å²) in [6.45, 7) is 12.2. The molecule has 0 spiro atoms. The maximum atomic E-state index is 9.70. The number of ether oxygens (including phenoxy) is 1. The van der Waals surface area contributed by atoms with Gasteiger partial charge in [0.1, 0.15) is 0 Å². The molecule has 0 aromatic rings. The van der Waals surface area contributed by atoms with Crippen molar-refractivity contribution in [3.63, 3.8) is 0 Å². The third-order valence-corrected chi connectivity index (χ3v) is 3.70. The number of aliphatic hydroxyl groups is 1. The Bertz CT molecular complexity index is 196. The first-order valence-corrected chi connectivity index (χ1v) is 6.47. The van der Waals surface area contributed by atoms with E-state index < -0.39 is 0 Å². The molecule has 0 amide bonds. The van der Waals surface area contributed by atoms with Gasteiger partial charge in [-0.2, -0.15) is 0 Å². The van der Waals surface area contributed by atoms with Gasteiger partial charge in [0.25, 0.3) is 0 Å². The van der Waals surface area contributed by atoms with Crippen LogP contribution in [0.5, 0.6) is 0 Å². The molecule has 1 rings (SSSR count). The summed E-state index contributed by atoms with van der Waals surface area (Å²) in [5, 5.41) is 9.70. The van der Waals surface area contributed by atoms with E-state index in [1.54, 1.807) is 0 Å². The van der Waals surface area contributed by atoms with Crippen LogP contribution in [-0.4, -0.2) is 48.5 Å². The fraction of sp³-hybridized carbons (Fsp3) is 1.00. The van der Waals surface area contributed by atoms with E-state index >= 15 is 0 Å². The van der Waals surface area contributed by atoms with Crippen LogP contribution in [0.1, 0.15) is 40.5 Å².